The van der Waals surface area contributed by atoms with Crippen molar-refractivity contribution in [2.45, 2.75) is 0 Å². The van der Waals surface area contributed by atoms with Crippen LogP contribution in [0, 0.1) is 17.5 Å². The summed E-state index contributed by atoms with van der Waals surface area (Å²) < 4.78 is 49.7. The van der Waals surface area contributed by atoms with E-state index < -0.39 is 41.4 Å². The van der Waals surface area contributed by atoms with Crippen molar-refractivity contribution in [2.24, 2.45) is 0 Å². The zero-order valence-corrected chi connectivity index (χ0v) is 13.9. The molecule has 0 atom stereocenters. The lowest BCUT2D eigenvalue weighted by molar-refractivity contribution is -0.115. The average molecular weight is 368 g/mol. The molecule has 0 unspecified atom stereocenters. The van der Waals surface area contributed by atoms with E-state index in [-0.39, 0.29) is 0 Å². The molecule has 0 aliphatic carbocycles. The van der Waals surface area contributed by atoms with Crippen LogP contribution in [0.25, 0.3) is 0 Å². The summed E-state index contributed by atoms with van der Waals surface area (Å²) in [5, 5.41) is 4.61. The number of carbonyl (C=O) groups excluding carboxylic acids is 2. The Kier molecular flexibility index (Phi) is 6.05. The molecular weight excluding hydrogens is 353 g/mol. The van der Waals surface area contributed by atoms with Crippen LogP contribution in [-0.2, 0) is 4.79 Å². The molecule has 0 bridgehead atoms. The smallest absolute Gasteiger partial charge is 0.254 e. The quantitative estimate of drug-likeness (QED) is 0.768. The molecule has 0 saturated heterocycles. The summed E-state index contributed by atoms with van der Waals surface area (Å²) in [5.74, 6) is -5.61. The van der Waals surface area contributed by atoms with Gasteiger partial charge in [0.25, 0.3) is 5.91 Å². The lowest BCUT2D eigenvalue weighted by Crippen LogP contribution is -2.33. The summed E-state index contributed by atoms with van der Waals surface area (Å²) in [4.78, 5) is 23.7. The Morgan fingerprint density at radius 1 is 0.962 bits per heavy atom. The standard InChI is InChI=1S/C17H15F3N2O4/c1-25-12-6-3-9(7-13(12)26-2)22-14(23)8-21-17(24)10-4-5-11(18)16(20)15(10)19/h3-7H,8H2,1-2H3,(H,21,24)(H,22,23). The van der Waals surface area contributed by atoms with Gasteiger partial charge in [-0.05, 0) is 24.3 Å². The van der Waals surface area contributed by atoms with E-state index in [1.54, 1.807) is 12.1 Å². The molecule has 0 radical (unpaired) electrons. The monoisotopic (exact) mass is 368 g/mol. The predicted octanol–water partition coefficient (Wildman–Crippen LogP) is 2.49. The number of methoxy groups -OCH3 is 2. The van der Waals surface area contributed by atoms with Gasteiger partial charge in [-0.2, -0.15) is 0 Å². The van der Waals surface area contributed by atoms with E-state index in [9.17, 15) is 22.8 Å². The summed E-state index contributed by atoms with van der Waals surface area (Å²) in [7, 11) is 2.89. The normalized spacial score (nSPS) is 10.2. The summed E-state index contributed by atoms with van der Waals surface area (Å²) in [6, 6.07) is 6.04. The Hall–Kier alpha value is -3.23. The van der Waals surface area contributed by atoms with E-state index in [4.69, 9.17) is 9.47 Å². The third-order valence-corrected chi connectivity index (χ3v) is 3.36. The van der Waals surface area contributed by atoms with E-state index in [1.807, 2.05) is 0 Å². The molecule has 0 spiro atoms. The first-order valence-electron chi connectivity index (χ1n) is 7.31. The van der Waals surface area contributed by atoms with Crippen LogP contribution in [0.5, 0.6) is 11.5 Å². The van der Waals surface area contributed by atoms with E-state index in [0.717, 1.165) is 6.07 Å². The topological polar surface area (TPSA) is 76.7 Å². The van der Waals surface area contributed by atoms with Gasteiger partial charge in [-0.15, -0.1) is 0 Å². The maximum Gasteiger partial charge on any atom is 0.254 e. The largest absolute Gasteiger partial charge is 0.493 e. The van der Waals surface area contributed by atoms with Crippen molar-refractivity contribution < 1.29 is 32.2 Å². The second-order valence-corrected chi connectivity index (χ2v) is 5.02. The first-order valence-corrected chi connectivity index (χ1v) is 7.31. The third kappa shape index (κ3) is 4.24. The van der Waals surface area contributed by atoms with E-state index >= 15 is 0 Å². The molecule has 0 aromatic heterocycles. The number of nitrogens with one attached hydrogen (secondary N) is 2. The van der Waals surface area contributed by atoms with Gasteiger partial charge >= 0.3 is 0 Å². The first kappa shape index (κ1) is 19.1. The molecule has 26 heavy (non-hydrogen) atoms. The number of carbonyl (C=O) groups is 2. The number of hydrogen-bond acceptors (Lipinski definition) is 4. The minimum atomic E-state index is -1.76. The second-order valence-electron chi connectivity index (χ2n) is 5.02. The van der Waals surface area contributed by atoms with Crippen LogP contribution in [0.3, 0.4) is 0 Å². The first-order chi connectivity index (χ1) is 12.4. The zero-order chi connectivity index (χ0) is 19.3. The van der Waals surface area contributed by atoms with Gasteiger partial charge in [0, 0.05) is 11.8 Å². The van der Waals surface area contributed by atoms with Crippen LogP contribution in [0.4, 0.5) is 18.9 Å². The van der Waals surface area contributed by atoms with Crippen molar-refractivity contribution in [3.05, 3.63) is 53.3 Å². The Morgan fingerprint density at radius 3 is 2.31 bits per heavy atom. The van der Waals surface area contributed by atoms with Crippen LogP contribution in [-0.4, -0.2) is 32.6 Å². The molecule has 0 fully saturated rings. The molecule has 0 aliphatic heterocycles. The molecule has 6 nitrogen and oxygen atoms in total. The predicted molar refractivity (Wildman–Crippen MR) is 86.8 cm³/mol. The van der Waals surface area contributed by atoms with E-state index in [0.29, 0.717) is 23.3 Å². The third-order valence-electron chi connectivity index (χ3n) is 3.36. The highest BCUT2D eigenvalue weighted by Crippen LogP contribution is 2.29. The van der Waals surface area contributed by atoms with Gasteiger partial charge in [0.15, 0.2) is 29.0 Å². The fraction of sp³-hybridized carbons (Fsp3) is 0.176. The number of anilines is 1. The van der Waals surface area contributed by atoms with Crippen molar-refractivity contribution in [3.63, 3.8) is 0 Å². The second kappa shape index (κ2) is 8.24. The number of hydrogen-bond donors (Lipinski definition) is 2. The minimum absolute atomic E-state index is 0.376. The van der Waals surface area contributed by atoms with Crippen LogP contribution in [0.15, 0.2) is 30.3 Å². The Labute approximate surface area is 146 Å². The van der Waals surface area contributed by atoms with Gasteiger partial charge in [0.1, 0.15) is 0 Å². The van der Waals surface area contributed by atoms with Crippen molar-refractivity contribution in [1.82, 2.24) is 5.32 Å². The maximum absolute atomic E-state index is 13.5. The van der Waals surface area contributed by atoms with Crippen molar-refractivity contribution in [1.29, 1.82) is 0 Å². The molecule has 9 heteroatoms. The molecule has 2 aromatic carbocycles. The number of amides is 2. The molecular formula is C17H15F3N2O4. The van der Waals surface area contributed by atoms with Crippen molar-refractivity contribution >= 4 is 17.5 Å². The molecule has 2 rings (SSSR count). The summed E-state index contributed by atoms with van der Waals surface area (Å²) >= 11 is 0. The fourth-order valence-electron chi connectivity index (χ4n) is 2.08. The van der Waals surface area contributed by atoms with Gasteiger partial charge in [0.05, 0.1) is 26.3 Å². The van der Waals surface area contributed by atoms with Crippen LogP contribution >= 0.6 is 0 Å². The average Bonchev–Trinajstić information content (AvgIpc) is 2.64. The van der Waals surface area contributed by atoms with Gasteiger partial charge in [-0.25, -0.2) is 13.2 Å². The minimum Gasteiger partial charge on any atom is -0.493 e. The Balaban J connectivity index is 1.99. The van der Waals surface area contributed by atoms with Crippen molar-refractivity contribution in [2.75, 3.05) is 26.1 Å². The van der Waals surface area contributed by atoms with Gasteiger partial charge in [-0.1, -0.05) is 0 Å². The van der Waals surface area contributed by atoms with Crippen LogP contribution < -0.4 is 20.1 Å². The van der Waals surface area contributed by atoms with Gasteiger partial charge in [0.2, 0.25) is 5.91 Å². The number of halogens is 3. The van der Waals surface area contributed by atoms with Crippen LogP contribution in [0.1, 0.15) is 10.4 Å². The number of ether oxygens (including phenoxy) is 2. The maximum atomic E-state index is 13.5. The molecule has 0 heterocycles. The summed E-state index contributed by atoms with van der Waals surface area (Å²) in [6.45, 7) is -0.508. The van der Waals surface area contributed by atoms with Crippen molar-refractivity contribution in [3.8, 4) is 11.5 Å². The van der Waals surface area contributed by atoms with E-state index in [1.165, 1.54) is 20.3 Å². The molecule has 2 amide bonds. The molecule has 0 saturated carbocycles. The Morgan fingerprint density at radius 2 is 1.65 bits per heavy atom. The molecule has 2 aromatic rings. The van der Waals surface area contributed by atoms with E-state index in [2.05, 4.69) is 10.6 Å². The highest BCUT2D eigenvalue weighted by Gasteiger charge is 2.19. The summed E-state index contributed by atoms with van der Waals surface area (Å²) in [5.41, 5.74) is -0.330. The molecule has 0 aliphatic rings. The summed E-state index contributed by atoms with van der Waals surface area (Å²) in [6.07, 6.45) is 0. The lowest BCUT2D eigenvalue weighted by atomic mass is 10.2. The SMILES string of the molecule is COc1ccc(NC(=O)CNC(=O)c2ccc(F)c(F)c2F)cc1OC. The molecule has 2 N–H and O–H groups in total. The van der Waals surface area contributed by atoms with Gasteiger partial charge in [-0.3, -0.25) is 9.59 Å². The number of rotatable bonds is 6. The fourth-order valence-corrected chi connectivity index (χ4v) is 2.08. The van der Waals surface area contributed by atoms with Crippen LogP contribution in [0.2, 0.25) is 0 Å². The number of benzene rings is 2. The Bertz CT molecular complexity index is 843. The highest BCUT2D eigenvalue weighted by molar-refractivity contribution is 5.99. The van der Waals surface area contributed by atoms with Gasteiger partial charge < -0.3 is 20.1 Å². The zero-order valence-electron chi connectivity index (χ0n) is 13.9. The molecule has 138 valence electrons. The highest BCUT2D eigenvalue weighted by atomic mass is 19.2. The lowest BCUT2D eigenvalue weighted by Gasteiger charge is -2.11.